The van der Waals surface area contributed by atoms with Crippen molar-refractivity contribution in [1.29, 1.82) is 0 Å². The normalized spacial score (nSPS) is 11.5. The maximum Gasteiger partial charge on any atom is 0.428 e. The summed E-state index contributed by atoms with van der Waals surface area (Å²) in [7, 11) is 0.968. The molecular formula is C6H3ClF3NO2S. The number of carbonyl (C=O) groups excluding carboxylic acids is 1. The van der Waals surface area contributed by atoms with Crippen LogP contribution >= 0.6 is 22.9 Å². The minimum absolute atomic E-state index is 0.193. The molecule has 0 amide bonds. The third-order valence-corrected chi connectivity index (χ3v) is 2.44. The van der Waals surface area contributed by atoms with Crippen molar-refractivity contribution in [3.8, 4) is 0 Å². The van der Waals surface area contributed by atoms with E-state index >= 15 is 0 Å². The molecule has 1 aromatic rings. The fourth-order valence-corrected chi connectivity index (χ4v) is 1.68. The number of hydrogen-bond donors (Lipinski definition) is 0. The van der Waals surface area contributed by atoms with Crippen LogP contribution in [-0.2, 0) is 10.9 Å². The summed E-state index contributed by atoms with van der Waals surface area (Å²) in [6, 6.07) is 0. The average Bonchev–Trinajstić information content (AvgIpc) is 2.45. The minimum atomic E-state index is -4.64. The summed E-state index contributed by atoms with van der Waals surface area (Å²) in [5.74, 6) is -1.15. The van der Waals surface area contributed by atoms with E-state index in [-0.39, 0.29) is 15.8 Å². The van der Waals surface area contributed by atoms with Gasteiger partial charge < -0.3 is 4.74 Å². The molecule has 0 radical (unpaired) electrons. The Balaban J connectivity index is 3.23. The van der Waals surface area contributed by atoms with E-state index in [9.17, 15) is 18.0 Å². The van der Waals surface area contributed by atoms with Gasteiger partial charge in [0, 0.05) is 0 Å². The summed E-state index contributed by atoms with van der Waals surface area (Å²) < 4.78 is 40.6. The second-order valence-electron chi connectivity index (χ2n) is 2.13. The predicted molar refractivity (Wildman–Crippen MR) is 43.5 cm³/mol. The van der Waals surface area contributed by atoms with Gasteiger partial charge in [0.15, 0.2) is 10.2 Å². The van der Waals surface area contributed by atoms with Gasteiger partial charge in [-0.3, -0.25) is 0 Å². The highest BCUT2D eigenvalue weighted by Gasteiger charge is 2.39. The molecule has 0 bridgehead atoms. The molecule has 0 fully saturated rings. The van der Waals surface area contributed by atoms with Gasteiger partial charge in [-0.15, -0.1) is 0 Å². The van der Waals surface area contributed by atoms with Crippen LogP contribution in [0.3, 0.4) is 0 Å². The Labute approximate surface area is 85.5 Å². The molecule has 8 heteroatoms. The molecule has 0 aliphatic heterocycles. The van der Waals surface area contributed by atoms with Gasteiger partial charge in [0.1, 0.15) is 4.88 Å². The van der Waals surface area contributed by atoms with Crippen LogP contribution < -0.4 is 0 Å². The zero-order chi connectivity index (χ0) is 10.9. The van der Waals surface area contributed by atoms with Crippen molar-refractivity contribution in [3.05, 3.63) is 15.0 Å². The van der Waals surface area contributed by atoms with Gasteiger partial charge in [-0.2, -0.15) is 13.2 Å². The molecule has 0 unspecified atom stereocenters. The summed E-state index contributed by atoms with van der Waals surface area (Å²) in [5.41, 5.74) is -0.796. The van der Waals surface area contributed by atoms with Gasteiger partial charge >= 0.3 is 12.1 Å². The van der Waals surface area contributed by atoms with Gasteiger partial charge in [0.2, 0.25) is 0 Å². The zero-order valence-corrected chi connectivity index (χ0v) is 8.26. The predicted octanol–water partition coefficient (Wildman–Crippen LogP) is 2.60. The Morgan fingerprint density at radius 1 is 1.57 bits per heavy atom. The Morgan fingerprint density at radius 2 is 2.14 bits per heavy atom. The molecule has 0 aliphatic rings. The molecule has 1 rings (SSSR count). The molecule has 1 heterocycles. The van der Waals surface area contributed by atoms with Crippen LogP contribution in [0, 0.1) is 0 Å². The fourth-order valence-electron chi connectivity index (χ4n) is 0.721. The lowest BCUT2D eigenvalue weighted by molar-refractivity contribution is -0.135. The van der Waals surface area contributed by atoms with E-state index in [1.54, 1.807) is 0 Å². The van der Waals surface area contributed by atoms with Crippen LogP contribution in [0.1, 0.15) is 15.4 Å². The highest BCUT2D eigenvalue weighted by Crippen LogP contribution is 2.38. The van der Waals surface area contributed by atoms with Crippen molar-refractivity contribution in [2.75, 3.05) is 7.11 Å². The number of nitrogens with zero attached hydrogens (tertiary/aromatic N) is 1. The molecule has 78 valence electrons. The number of alkyl halides is 3. The average molecular weight is 246 g/mol. The maximum atomic E-state index is 12.3. The Kier molecular flexibility index (Phi) is 3.01. The first kappa shape index (κ1) is 11.3. The second-order valence-corrected chi connectivity index (χ2v) is 3.72. The Hall–Kier alpha value is -0.820. The van der Waals surface area contributed by atoms with Gasteiger partial charge in [0.05, 0.1) is 7.11 Å². The first-order chi connectivity index (χ1) is 6.36. The van der Waals surface area contributed by atoms with Crippen LogP contribution in [0.15, 0.2) is 0 Å². The molecular weight excluding hydrogens is 243 g/mol. The number of carbonyl (C=O) groups is 1. The third-order valence-electron chi connectivity index (χ3n) is 1.24. The lowest BCUT2D eigenvalue weighted by Crippen LogP contribution is -2.11. The molecule has 0 saturated heterocycles. The molecule has 0 atom stereocenters. The summed E-state index contributed by atoms with van der Waals surface area (Å²) in [6.07, 6.45) is -4.64. The molecule has 0 spiro atoms. The van der Waals surface area contributed by atoms with Gasteiger partial charge in [-0.1, -0.05) is 22.9 Å². The summed E-state index contributed by atoms with van der Waals surface area (Å²) in [6.45, 7) is 0. The number of thiazole rings is 1. The summed E-state index contributed by atoms with van der Waals surface area (Å²) in [5, 5.41) is 0. The maximum absolute atomic E-state index is 12.3. The quantitative estimate of drug-likeness (QED) is 0.714. The third kappa shape index (κ3) is 2.16. The SMILES string of the molecule is COC(=O)c1nc(Cl)sc1C(F)(F)F. The first-order valence-corrected chi connectivity index (χ1v) is 4.37. The molecule has 0 aliphatic carbocycles. The van der Waals surface area contributed by atoms with Crippen molar-refractivity contribution in [1.82, 2.24) is 4.98 Å². The number of esters is 1. The molecule has 1 aromatic heterocycles. The van der Waals surface area contributed by atoms with E-state index in [1.165, 1.54) is 0 Å². The van der Waals surface area contributed by atoms with Crippen LogP contribution in [0.5, 0.6) is 0 Å². The number of rotatable bonds is 1. The lowest BCUT2D eigenvalue weighted by atomic mass is 10.3. The number of methoxy groups -OCH3 is 1. The topological polar surface area (TPSA) is 39.2 Å². The van der Waals surface area contributed by atoms with Crippen molar-refractivity contribution < 1.29 is 22.7 Å². The van der Waals surface area contributed by atoms with Crippen molar-refractivity contribution in [3.63, 3.8) is 0 Å². The number of hydrogen-bond acceptors (Lipinski definition) is 4. The standard InChI is InChI=1S/C6H3ClF3NO2S/c1-13-4(12)2-3(6(8,9)10)14-5(7)11-2/h1H3. The van der Waals surface area contributed by atoms with Gasteiger partial charge in [-0.25, -0.2) is 9.78 Å². The molecule has 14 heavy (non-hydrogen) atoms. The van der Waals surface area contributed by atoms with Crippen LogP contribution in [0.4, 0.5) is 13.2 Å². The van der Waals surface area contributed by atoms with Crippen molar-refractivity contribution in [2.24, 2.45) is 0 Å². The molecule has 0 saturated carbocycles. The lowest BCUT2D eigenvalue weighted by Gasteiger charge is -2.03. The number of aromatic nitrogens is 1. The van der Waals surface area contributed by atoms with E-state index in [4.69, 9.17) is 11.6 Å². The zero-order valence-electron chi connectivity index (χ0n) is 6.68. The smallest absolute Gasteiger partial charge is 0.428 e. The van der Waals surface area contributed by atoms with E-state index in [0.29, 0.717) is 0 Å². The Morgan fingerprint density at radius 3 is 2.57 bits per heavy atom. The van der Waals surface area contributed by atoms with Crippen molar-refractivity contribution in [2.45, 2.75) is 6.18 Å². The largest absolute Gasteiger partial charge is 0.464 e. The van der Waals surface area contributed by atoms with Crippen LogP contribution in [0.2, 0.25) is 4.47 Å². The van der Waals surface area contributed by atoms with Crippen LogP contribution in [0.25, 0.3) is 0 Å². The Bertz CT molecular complexity index is 362. The van der Waals surface area contributed by atoms with Crippen LogP contribution in [-0.4, -0.2) is 18.1 Å². The fraction of sp³-hybridized carbons (Fsp3) is 0.333. The minimum Gasteiger partial charge on any atom is -0.464 e. The van der Waals surface area contributed by atoms with E-state index in [2.05, 4.69) is 9.72 Å². The van der Waals surface area contributed by atoms with Gasteiger partial charge in [0.25, 0.3) is 0 Å². The monoisotopic (exact) mass is 245 g/mol. The van der Waals surface area contributed by atoms with E-state index < -0.39 is 22.7 Å². The molecule has 0 aromatic carbocycles. The molecule has 0 N–H and O–H groups in total. The van der Waals surface area contributed by atoms with Crippen molar-refractivity contribution >= 4 is 28.9 Å². The number of halogens is 4. The highest BCUT2D eigenvalue weighted by molar-refractivity contribution is 7.16. The highest BCUT2D eigenvalue weighted by atomic mass is 35.5. The second kappa shape index (κ2) is 3.74. The summed E-state index contributed by atoms with van der Waals surface area (Å²) in [4.78, 5) is 13.0. The first-order valence-electron chi connectivity index (χ1n) is 3.18. The summed E-state index contributed by atoms with van der Waals surface area (Å²) >= 11 is 5.47. The molecule has 3 nitrogen and oxygen atoms in total. The van der Waals surface area contributed by atoms with E-state index in [1.807, 2.05) is 0 Å². The number of ether oxygens (including phenoxy) is 1. The van der Waals surface area contributed by atoms with Gasteiger partial charge in [-0.05, 0) is 0 Å². The van der Waals surface area contributed by atoms with E-state index in [0.717, 1.165) is 7.11 Å².